The summed E-state index contributed by atoms with van der Waals surface area (Å²) in [5.41, 5.74) is 6.29. The lowest BCUT2D eigenvalue weighted by Gasteiger charge is -2.32. The van der Waals surface area contributed by atoms with Crippen molar-refractivity contribution >= 4 is 23.3 Å². The van der Waals surface area contributed by atoms with Crippen LogP contribution in [0.25, 0.3) is 0 Å². The van der Waals surface area contributed by atoms with Gasteiger partial charge in [-0.25, -0.2) is 9.78 Å². The van der Waals surface area contributed by atoms with Crippen molar-refractivity contribution in [3.05, 3.63) is 15.6 Å². The highest BCUT2D eigenvalue weighted by atomic mass is 32.1. The second-order valence-corrected chi connectivity index (χ2v) is 7.14. The highest BCUT2D eigenvalue weighted by Crippen LogP contribution is 2.20. The summed E-state index contributed by atoms with van der Waals surface area (Å²) in [6.45, 7) is 5.97. The van der Waals surface area contributed by atoms with Crippen molar-refractivity contribution in [2.45, 2.75) is 39.5 Å². The first-order valence-electron chi connectivity index (χ1n) is 7.69. The standard InChI is InChI=1S/C15H24N4O2S/c1-10-13(22-11(2)18-10)5-6-17-15(21)19-7-3-4-12(9-19)8-14(16)20/h12H,3-9H2,1-2H3,(H2,16,20)(H,17,21)/t12-/m1/s1. The van der Waals surface area contributed by atoms with Gasteiger partial charge in [-0.05, 0) is 32.6 Å². The number of nitrogens with one attached hydrogen (secondary N) is 1. The first kappa shape index (κ1) is 16.7. The normalized spacial score (nSPS) is 18.3. The SMILES string of the molecule is Cc1nc(C)c(CCNC(=O)N2CCC[C@H](CC(N)=O)C2)s1. The Labute approximate surface area is 135 Å². The van der Waals surface area contributed by atoms with E-state index < -0.39 is 0 Å². The Morgan fingerprint density at radius 1 is 1.45 bits per heavy atom. The van der Waals surface area contributed by atoms with Gasteiger partial charge in [-0.1, -0.05) is 0 Å². The molecule has 3 N–H and O–H groups in total. The Morgan fingerprint density at radius 3 is 2.86 bits per heavy atom. The number of carbonyl (C=O) groups excluding carboxylic acids is 2. The summed E-state index contributed by atoms with van der Waals surface area (Å²) in [4.78, 5) is 30.6. The minimum absolute atomic E-state index is 0.0481. The molecule has 22 heavy (non-hydrogen) atoms. The quantitative estimate of drug-likeness (QED) is 0.862. The summed E-state index contributed by atoms with van der Waals surface area (Å²) in [6, 6.07) is -0.0481. The third-order valence-electron chi connectivity index (χ3n) is 3.92. The van der Waals surface area contributed by atoms with Gasteiger partial charge in [0, 0.05) is 37.4 Å². The Morgan fingerprint density at radius 2 is 2.23 bits per heavy atom. The molecule has 0 bridgehead atoms. The number of hydrogen-bond acceptors (Lipinski definition) is 4. The van der Waals surface area contributed by atoms with Crippen molar-refractivity contribution in [3.63, 3.8) is 0 Å². The monoisotopic (exact) mass is 324 g/mol. The Balaban J connectivity index is 1.77. The van der Waals surface area contributed by atoms with Crippen molar-refractivity contribution in [1.29, 1.82) is 0 Å². The number of amides is 3. The molecule has 0 saturated carbocycles. The summed E-state index contributed by atoms with van der Waals surface area (Å²) in [6.07, 6.45) is 3.06. The zero-order valence-electron chi connectivity index (χ0n) is 13.2. The van der Waals surface area contributed by atoms with E-state index >= 15 is 0 Å². The fourth-order valence-corrected chi connectivity index (χ4v) is 3.84. The van der Waals surface area contributed by atoms with Crippen LogP contribution in [0, 0.1) is 19.8 Å². The van der Waals surface area contributed by atoms with Gasteiger partial charge in [0.05, 0.1) is 10.7 Å². The topological polar surface area (TPSA) is 88.3 Å². The summed E-state index contributed by atoms with van der Waals surface area (Å²) < 4.78 is 0. The number of nitrogens with zero attached hydrogens (tertiary/aromatic N) is 2. The molecule has 1 aliphatic rings. The van der Waals surface area contributed by atoms with Crippen LogP contribution in [-0.2, 0) is 11.2 Å². The zero-order valence-corrected chi connectivity index (χ0v) is 14.0. The lowest BCUT2D eigenvalue weighted by molar-refractivity contribution is -0.119. The molecule has 0 aromatic carbocycles. The molecule has 122 valence electrons. The third-order valence-corrected chi connectivity index (χ3v) is 5.06. The smallest absolute Gasteiger partial charge is 0.317 e. The third kappa shape index (κ3) is 4.69. The number of aryl methyl sites for hydroxylation is 2. The van der Waals surface area contributed by atoms with Crippen LogP contribution in [0.4, 0.5) is 4.79 Å². The molecule has 1 fully saturated rings. The average molecular weight is 324 g/mol. The molecule has 0 radical (unpaired) electrons. The van der Waals surface area contributed by atoms with Crippen molar-refractivity contribution < 1.29 is 9.59 Å². The molecule has 0 unspecified atom stereocenters. The maximum absolute atomic E-state index is 12.2. The van der Waals surface area contributed by atoms with Gasteiger partial charge in [-0.15, -0.1) is 11.3 Å². The van der Waals surface area contributed by atoms with E-state index in [2.05, 4.69) is 10.3 Å². The Hall–Kier alpha value is -1.63. The van der Waals surface area contributed by atoms with E-state index in [4.69, 9.17) is 5.73 Å². The van der Waals surface area contributed by atoms with E-state index in [0.29, 0.717) is 19.5 Å². The van der Waals surface area contributed by atoms with Crippen LogP contribution in [0.1, 0.15) is 34.8 Å². The molecular weight excluding hydrogens is 300 g/mol. The molecule has 1 aromatic rings. The van der Waals surface area contributed by atoms with Gasteiger partial charge >= 0.3 is 6.03 Å². The molecule has 0 aliphatic carbocycles. The number of urea groups is 1. The predicted octanol–water partition coefficient (Wildman–Crippen LogP) is 1.60. The van der Waals surface area contributed by atoms with Crippen molar-refractivity contribution in [2.24, 2.45) is 11.7 Å². The van der Waals surface area contributed by atoms with Gasteiger partial charge in [0.2, 0.25) is 5.91 Å². The van der Waals surface area contributed by atoms with Crippen LogP contribution >= 0.6 is 11.3 Å². The molecule has 1 atom stereocenters. The van der Waals surface area contributed by atoms with E-state index in [1.165, 1.54) is 4.88 Å². The van der Waals surface area contributed by atoms with Gasteiger partial charge in [-0.3, -0.25) is 4.79 Å². The fourth-order valence-electron chi connectivity index (χ4n) is 2.90. The molecule has 7 heteroatoms. The number of carbonyl (C=O) groups is 2. The molecule has 1 aliphatic heterocycles. The van der Waals surface area contributed by atoms with Crippen LogP contribution in [0.15, 0.2) is 0 Å². The number of likely N-dealkylation sites (tertiary alicyclic amines) is 1. The first-order valence-corrected chi connectivity index (χ1v) is 8.51. The largest absolute Gasteiger partial charge is 0.370 e. The van der Waals surface area contributed by atoms with Crippen LogP contribution in [0.5, 0.6) is 0 Å². The molecule has 0 spiro atoms. The highest BCUT2D eigenvalue weighted by Gasteiger charge is 2.24. The summed E-state index contributed by atoms with van der Waals surface area (Å²) in [5, 5.41) is 4.02. The Bertz CT molecular complexity index is 544. The number of aromatic nitrogens is 1. The Kier molecular flexibility index (Phi) is 5.76. The zero-order chi connectivity index (χ0) is 16.1. The van der Waals surface area contributed by atoms with Gasteiger partial charge in [-0.2, -0.15) is 0 Å². The van der Waals surface area contributed by atoms with Crippen LogP contribution in [0.3, 0.4) is 0 Å². The van der Waals surface area contributed by atoms with E-state index in [0.717, 1.165) is 36.5 Å². The number of rotatable bonds is 5. The lowest BCUT2D eigenvalue weighted by Crippen LogP contribution is -2.46. The number of nitrogens with two attached hydrogens (primary N) is 1. The number of piperidine rings is 1. The second-order valence-electron chi connectivity index (χ2n) is 5.85. The fraction of sp³-hybridized carbons (Fsp3) is 0.667. The molecule has 2 rings (SSSR count). The molecule has 2 heterocycles. The van der Waals surface area contributed by atoms with E-state index in [1.54, 1.807) is 16.2 Å². The average Bonchev–Trinajstić information content (AvgIpc) is 2.76. The minimum Gasteiger partial charge on any atom is -0.370 e. The molecular formula is C15H24N4O2S. The van der Waals surface area contributed by atoms with E-state index in [1.807, 2.05) is 13.8 Å². The maximum atomic E-state index is 12.2. The van der Waals surface area contributed by atoms with Crippen molar-refractivity contribution in [3.8, 4) is 0 Å². The van der Waals surface area contributed by atoms with E-state index in [-0.39, 0.29) is 17.9 Å². The summed E-state index contributed by atoms with van der Waals surface area (Å²) >= 11 is 1.68. The van der Waals surface area contributed by atoms with Crippen LogP contribution in [0.2, 0.25) is 0 Å². The van der Waals surface area contributed by atoms with E-state index in [9.17, 15) is 9.59 Å². The van der Waals surface area contributed by atoms with Gasteiger partial charge < -0.3 is 16.0 Å². The number of primary amides is 1. The molecule has 1 saturated heterocycles. The second kappa shape index (κ2) is 7.58. The van der Waals surface area contributed by atoms with Gasteiger partial charge in [0.1, 0.15) is 0 Å². The molecule has 3 amide bonds. The predicted molar refractivity (Wildman–Crippen MR) is 86.8 cm³/mol. The molecule has 1 aromatic heterocycles. The van der Waals surface area contributed by atoms with Crippen molar-refractivity contribution in [2.75, 3.05) is 19.6 Å². The highest BCUT2D eigenvalue weighted by molar-refractivity contribution is 7.11. The summed E-state index contributed by atoms with van der Waals surface area (Å²) in [7, 11) is 0. The lowest BCUT2D eigenvalue weighted by atomic mass is 9.95. The van der Waals surface area contributed by atoms with Gasteiger partial charge in [0.15, 0.2) is 0 Å². The maximum Gasteiger partial charge on any atom is 0.317 e. The van der Waals surface area contributed by atoms with Crippen LogP contribution < -0.4 is 11.1 Å². The van der Waals surface area contributed by atoms with Gasteiger partial charge in [0.25, 0.3) is 0 Å². The first-order chi connectivity index (χ1) is 10.5. The number of thiazole rings is 1. The molecule has 6 nitrogen and oxygen atoms in total. The minimum atomic E-state index is -0.289. The summed E-state index contributed by atoms with van der Waals surface area (Å²) in [5.74, 6) is -0.0910. The van der Waals surface area contributed by atoms with Crippen LogP contribution in [-0.4, -0.2) is 41.5 Å². The van der Waals surface area contributed by atoms with Crippen molar-refractivity contribution in [1.82, 2.24) is 15.2 Å². The number of hydrogen-bond donors (Lipinski definition) is 2.